The Morgan fingerprint density at radius 2 is 1.96 bits per heavy atom. The molecular formula is C20H23N5OS. The van der Waals surface area contributed by atoms with E-state index in [1.165, 1.54) is 22.9 Å². The number of hydrogen-bond donors (Lipinski definition) is 1. The molecule has 1 amide bonds. The Morgan fingerprint density at radius 3 is 2.74 bits per heavy atom. The number of nitrogens with zero attached hydrogens (tertiary/aromatic N) is 4. The Hall–Kier alpha value is -2.67. The topological polar surface area (TPSA) is 72.7 Å². The fourth-order valence-corrected chi connectivity index (χ4v) is 3.52. The van der Waals surface area contributed by atoms with Gasteiger partial charge in [-0.15, -0.1) is 5.10 Å². The molecule has 0 bridgehead atoms. The van der Waals surface area contributed by atoms with E-state index in [-0.39, 0.29) is 11.7 Å². The van der Waals surface area contributed by atoms with E-state index in [1.54, 1.807) is 4.68 Å². The number of amides is 1. The average molecular weight is 382 g/mol. The van der Waals surface area contributed by atoms with E-state index >= 15 is 0 Å². The molecule has 0 aliphatic rings. The molecule has 0 aliphatic carbocycles. The third-order valence-electron chi connectivity index (χ3n) is 4.16. The minimum atomic E-state index is -0.0109. The number of thioether (sulfide) groups is 1. The number of carbonyl (C=O) groups is 1. The Bertz CT molecular complexity index is 894. The van der Waals surface area contributed by atoms with E-state index in [1.807, 2.05) is 44.2 Å². The van der Waals surface area contributed by atoms with Crippen LogP contribution in [0.15, 0.2) is 53.7 Å². The summed E-state index contributed by atoms with van der Waals surface area (Å²) in [5.41, 5.74) is 4.49. The summed E-state index contributed by atoms with van der Waals surface area (Å²) < 4.78 is 1.68. The molecule has 3 rings (SSSR count). The van der Waals surface area contributed by atoms with Crippen molar-refractivity contribution in [2.24, 2.45) is 0 Å². The van der Waals surface area contributed by atoms with Gasteiger partial charge in [-0.05, 0) is 54.3 Å². The van der Waals surface area contributed by atoms with Crippen LogP contribution >= 0.6 is 11.8 Å². The molecule has 0 atom stereocenters. The fourth-order valence-electron chi connectivity index (χ4n) is 2.81. The predicted molar refractivity (Wildman–Crippen MR) is 107 cm³/mol. The second kappa shape index (κ2) is 9.32. The van der Waals surface area contributed by atoms with Gasteiger partial charge in [0.05, 0.1) is 11.4 Å². The van der Waals surface area contributed by atoms with Crippen molar-refractivity contribution >= 4 is 17.7 Å². The first-order chi connectivity index (χ1) is 13.1. The first kappa shape index (κ1) is 19.1. The van der Waals surface area contributed by atoms with Crippen LogP contribution in [0.4, 0.5) is 0 Å². The minimum Gasteiger partial charge on any atom is -0.355 e. The Balaban J connectivity index is 1.47. The van der Waals surface area contributed by atoms with Crippen LogP contribution < -0.4 is 5.32 Å². The summed E-state index contributed by atoms with van der Waals surface area (Å²) >= 11 is 1.34. The minimum absolute atomic E-state index is 0.0109. The molecule has 0 unspecified atom stereocenters. The second-order valence-corrected chi connectivity index (χ2v) is 7.33. The normalized spacial score (nSPS) is 10.7. The molecule has 1 N–H and O–H groups in total. The number of aromatic nitrogens is 4. The molecule has 7 heteroatoms. The summed E-state index contributed by atoms with van der Waals surface area (Å²) in [4.78, 5) is 12.1. The molecule has 27 heavy (non-hydrogen) atoms. The van der Waals surface area contributed by atoms with E-state index in [0.29, 0.717) is 11.7 Å². The molecule has 3 aromatic rings. The van der Waals surface area contributed by atoms with Gasteiger partial charge < -0.3 is 5.32 Å². The summed E-state index contributed by atoms with van der Waals surface area (Å²) in [6, 6.07) is 16.4. The summed E-state index contributed by atoms with van der Waals surface area (Å²) in [5, 5.41) is 15.4. The zero-order valence-electron chi connectivity index (χ0n) is 15.6. The Labute approximate surface area is 163 Å². The van der Waals surface area contributed by atoms with Crippen molar-refractivity contribution in [3.05, 3.63) is 65.2 Å². The first-order valence-corrected chi connectivity index (χ1v) is 9.91. The van der Waals surface area contributed by atoms with Gasteiger partial charge in [0.1, 0.15) is 0 Å². The Morgan fingerprint density at radius 1 is 1.15 bits per heavy atom. The Kier molecular flexibility index (Phi) is 6.59. The maximum absolute atomic E-state index is 12.1. The van der Waals surface area contributed by atoms with E-state index in [9.17, 15) is 4.79 Å². The van der Waals surface area contributed by atoms with E-state index in [0.717, 1.165) is 24.1 Å². The van der Waals surface area contributed by atoms with Crippen LogP contribution in [0.5, 0.6) is 0 Å². The van der Waals surface area contributed by atoms with Crippen LogP contribution in [0.1, 0.15) is 23.1 Å². The molecule has 6 nitrogen and oxygen atoms in total. The highest BCUT2D eigenvalue weighted by molar-refractivity contribution is 7.99. The summed E-state index contributed by atoms with van der Waals surface area (Å²) in [6.45, 7) is 4.74. The number of tetrazole rings is 1. The highest BCUT2D eigenvalue weighted by atomic mass is 32.2. The summed E-state index contributed by atoms with van der Waals surface area (Å²) in [6.07, 6.45) is 1.87. The van der Waals surface area contributed by atoms with Gasteiger partial charge in [-0.3, -0.25) is 4.79 Å². The van der Waals surface area contributed by atoms with Crippen LogP contribution in [-0.4, -0.2) is 38.4 Å². The molecule has 0 spiro atoms. The molecule has 1 aromatic heterocycles. The lowest BCUT2D eigenvalue weighted by molar-refractivity contribution is -0.118. The lowest BCUT2D eigenvalue weighted by Crippen LogP contribution is -2.26. The summed E-state index contributed by atoms with van der Waals surface area (Å²) in [7, 11) is 0. The fraction of sp³-hybridized carbons (Fsp3) is 0.300. The first-order valence-electron chi connectivity index (χ1n) is 8.93. The molecule has 0 saturated heterocycles. The highest BCUT2D eigenvalue weighted by Gasteiger charge is 2.13. The van der Waals surface area contributed by atoms with Crippen LogP contribution in [0.2, 0.25) is 0 Å². The second-order valence-electron chi connectivity index (χ2n) is 6.39. The molecule has 140 valence electrons. The molecule has 0 fully saturated rings. The van der Waals surface area contributed by atoms with Gasteiger partial charge in [0.2, 0.25) is 11.1 Å². The number of nitrogens with one attached hydrogen (secondary N) is 1. The molecular weight excluding hydrogens is 358 g/mol. The quantitative estimate of drug-likeness (QED) is 0.479. The molecule has 1 heterocycles. The third kappa shape index (κ3) is 5.40. The lowest BCUT2D eigenvalue weighted by Gasteiger charge is -2.08. The van der Waals surface area contributed by atoms with Crippen LogP contribution in [0.25, 0.3) is 5.69 Å². The molecule has 0 radical (unpaired) electrons. The molecule has 2 aromatic carbocycles. The maximum Gasteiger partial charge on any atom is 0.230 e. The predicted octanol–water partition coefficient (Wildman–Crippen LogP) is 3.12. The van der Waals surface area contributed by atoms with Crippen LogP contribution in [-0.2, 0) is 11.2 Å². The SMILES string of the molecule is Cc1ccc(-n2nnnc2SCC(=O)NCCCc2ccccc2)c(C)c1. The number of hydrogen-bond acceptors (Lipinski definition) is 5. The monoisotopic (exact) mass is 381 g/mol. The van der Waals surface area contributed by atoms with Gasteiger partial charge in [-0.2, -0.15) is 4.68 Å². The number of carbonyl (C=O) groups excluding carboxylic acids is 1. The van der Waals surface area contributed by atoms with Gasteiger partial charge in [-0.25, -0.2) is 0 Å². The van der Waals surface area contributed by atoms with Crippen molar-refractivity contribution in [1.29, 1.82) is 0 Å². The number of benzene rings is 2. The molecule has 0 saturated carbocycles. The third-order valence-corrected chi connectivity index (χ3v) is 5.08. The highest BCUT2D eigenvalue weighted by Crippen LogP contribution is 2.21. The van der Waals surface area contributed by atoms with Crippen molar-refractivity contribution in [3.63, 3.8) is 0 Å². The number of aryl methyl sites for hydroxylation is 3. The van der Waals surface area contributed by atoms with Crippen LogP contribution in [0.3, 0.4) is 0 Å². The van der Waals surface area contributed by atoms with Crippen LogP contribution in [0, 0.1) is 13.8 Å². The zero-order chi connectivity index (χ0) is 19.1. The zero-order valence-corrected chi connectivity index (χ0v) is 16.4. The van der Waals surface area contributed by atoms with Gasteiger partial charge in [0, 0.05) is 6.54 Å². The maximum atomic E-state index is 12.1. The van der Waals surface area contributed by atoms with Crippen molar-refractivity contribution < 1.29 is 4.79 Å². The van der Waals surface area contributed by atoms with Crippen molar-refractivity contribution in [1.82, 2.24) is 25.5 Å². The summed E-state index contributed by atoms with van der Waals surface area (Å²) in [5.74, 6) is 0.277. The van der Waals surface area contributed by atoms with Crippen molar-refractivity contribution in [3.8, 4) is 5.69 Å². The van der Waals surface area contributed by atoms with Gasteiger partial charge in [-0.1, -0.05) is 59.8 Å². The largest absolute Gasteiger partial charge is 0.355 e. The molecule has 0 aliphatic heterocycles. The van der Waals surface area contributed by atoms with Crippen molar-refractivity contribution in [2.75, 3.05) is 12.3 Å². The van der Waals surface area contributed by atoms with Gasteiger partial charge in [0.25, 0.3) is 0 Å². The number of rotatable bonds is 8. The average Bonchev–Trinajstić information content (AvgIpc) is 3.13. The standard InChI is InChI=1S/C20H23N5OS/c1-15-10-11-18(16(2)13-15)25-20(22-23-24-25)27-14-19(26)21-12-6-9-17-7-4-3-5-8-17/h3-5,7-8,10-11,13H,6,9,12,14H2,1-2H3,(H,21,26). The lowest BCUT2D eigenvalue weighted by atomic mass is 10.1. The van der Waals surface area contributed by atoms with Gasteiger partial charge in [0.15, 0.2) is 0 Å². The van der Waals surface area contributed by atoms with Crippen molar-refractivity contribution in [2.45, 2.75) is 31.8 Å². The van der Waals surface area contributed by atoms with E-state index < -0.39 is 0 Å². The smallest absolute Gasteiger partial charge is 0.230 e. The van der Waals surface area contributed by atoms with E-state index in [4.69, 9.17) is 0 Å². The van der Waals surface area contributed by atoms with E-state index in [2.05, 4.69) is 39.0 Å². The van der Waals surface area contributed by atoms with Gasteiger partial charge >= 0.3 is 0 Å².